The highest BCUT2D eigenvalue weighted by Crippen LogP contribution is 2.00. The van der Waals surface area contributed by atoms with Crippen LogP contribution in [-0.2, 0) is 4.74 Å². The first-order valence-corrected chi connectivity index (χ1v) is 3.51. The summed E-state index contributed by atoms with van der Waals surface area (Å²) in [6, 6.07) is 0. The minimum atomic E-state index is -0.716. The normalized spacial score (nSPS) is 9.69. The second-order valence-corrected chi connectivity index (χ2v) is 2.40. The predicted molar refractivity (Wildman–Crippen MR) is 45.3 cm³/mol. The van der Waals surface area contributed by atoms with Crippen LogP contribution in [0.1, 0.15) is 16.1 Å². The monoisotopic (exact) mass is 183 g/mol. The molecular weight excluding hydrogens is 174 g/mol. The fourth-order valence-electron chi connectivity index (χ4n) is 0.950. The van der Waals surface area contributed by atoms with E-state index in [9.17, 15) is 9.59 Å². The van der Waals surface area contributed by atoms with Gasteiger partial charge < -0.3 is 10.5 Å². The topological polar surface area (TPSA) is 98.1 Å². The Bertz CT molecular complexity index is 396. The lowest BCUT2D eigenvalue weighted by molar-refractivity contribution is 0.0597. The molecule has 13 heavy (non-hydrogen) atoms. The first-order valence-electron chi connectivity index (χ1n) is 3.51. The van der Waals surface area contributed by atoms with Gasteiger partial charge >= 0.3 is 5.97 Å². The summed E-state index contributed by atoms with van der Waals surface area (Å²) in [6.07, 6.45) is 0. The zero-order valence-electron chi connectivity index (χ0n) is 7.25. The molecule has 0 bridgehead atoms. The Morgan fingerprint density at radius 3 is 2.69 bits per heavy atom. The van der Waals surface area contributed by atoms with Crippen LogP contribution in [0.15, 0.2) is 4.79 Å². The van der Waals surface area contributed by atoms with Crippen molar-refractivity contribution in [2.75, 3.05) is 12.8 Å². The van der Waals surface area contributed by atoms with Crippen LogP contribution in [0.4, 0.5) is 5.95 Å². The van der Waals surface area contributed by atoms with Gasteiger partial charge in [-0.1, -0.05) is 0 Å². The molecule has 0 fully saturated rings. The van der Waals surface area contributed by atoms with E-state index in [1.807, 2.05) is 0 Å². The zero-order valence-corrected chi connectivity index (χ0v) is 7.25. The van der Waals surface area contributed by atoms with Crippen LogP contribution in [0.5, 0.6) is 0 Å². The number of hydrogen-bond donors (Lipinski definition) is 2. The second kappa shape index (κ2) is 3.26. The van der Waals surface area contributed by atoms with Crippen molar-refractivity contribution in [3.8, 4) is 0 Å². The van der Waals surface area contributed by atoms with Crippen molar-refractivity contribution in [1.82, 2.24) is 9.97 Å². The van der Waals surface area contributed by atoms with Crippen molar-refractivity contribution >= 4 is 11.9 Å². The molecule has 70 valence electrons. The molecule has 0 aromatic carbocycles. The SMILES string of the molecule is COC(=O)c1c(C)nc(N)[nH]c1=O. The van der Waals surface area contributed by atoms with Crippen LogP contribution in [0.3, 0.4) is 0 Å². The van der Waals surface area contributed by atoms with Gasteiger partial charge in [0, 0.05) is 0 Å². The molecule has 0 aliphatic carbocycles. The molecule has 0 radical (unpaired) electrons. The Kier molecular flexibility index (Phi) is 2.32. The number of nitrogen functional groups attached to an aromatic ring is 1. The summed E-state index contributed by atoms with van der Waals surface area (Å²) in [5, 5.41) is 0. The number of H-pyrrole nitrogens is 1. The number of hydrogen-bond acceptors (Lipinski definition) is 5. The summed E-state index contributed by atoms with van der Waals surface area (Å²) in [4.78, 5) is 28.2. The molecule has 1 rings (SSSR count). The molecule has 0 unspecified atom stereocenters. The Labute approximate surface area is 73.7 Å². The number of carbonyl (C=O) groups is 1. The van der Waals surface area contributed by atoms with E-state index in [2.05, 4.69) is 14.7 Å². The Morgan fingerprint density at radius 2 is 2.23 bits per heavy atom. The largest absolute Gasteiger partial charge is 0.465 e. The van der Waals surface area contributed by atoms with E-state index in [1.54, 1.807) is 0 Å². The number of aromatic nitrogens is 2. The molecule has 6 heteroatoms. The van der Waals surface area contributed by atoms with Gasteiger partial charge in [-0.2, -0.15) is 0 Å². The zero-order chi connectivity index (χ0) is 10.0. The number of nitrogens with one attached hydrogen (secondary N) is 1. The molecule has 6 nitrogen and oxygen atoms in total. The summed E-state index contributed by atoms with van der Waals surface area (Å²) in [7, 11) is 1.19. The van der Waals surface area contributed by atoms with Crippen molar-refractivity contribution in [3.05, 3.63) is 21.6 Å². The molecule has 0 atom stereocenters. The first-order chi connectivity index (χ1) is 6.06. The van der Waals surface area contributed by atoms with Crippen LogP contribution in [0.25, 0.3) is 0 Å². The number of aromatic amines is 1. The maximum absolute atomic E-state index is 11.2. The minimum absolute atomic E-state index is 0.0184. The lowest BCUT2D eigenvalue weighted by Crippen LogP contribution is -2.23. The number of carbonyl (C=O) groups excluding carboxylic acids is 1. The summed E-state index contributed by atoms with van der Waals surface area (Å²) in [5.41, 5.74) is 4.81. The number of nitrogens with zero attached hydrogens (tertiary/aromatic N) is 1. The molecule has 3 N–H and O–H groups in total. The van der Waals surface area contributed by atoms with Gasteiger partial charge in [0.25, 0.3) is 5.56 Å². The van der Waals surface area contributed by atoms with Crippen LogP contribution < -0.4 is 11.3 Å². The number of aryl methyl sites for hydroxylation is 1. The van der Waals surface area contributed by atoms with Gasteiger partial charge in [0.1, 0.15) is 5.56 Å². The molecule has 1 aromatic heterocycles. The third-order valence-corrected chi connectivity index (χ3v) is 1.51. The van der Waals surface area contributed by atoms with Crippen molar-refractivity contribution in [1.29, 1.82) is 0 Å². The Hall–Kier alpha value is -1.85. The summed E-state index contributed by atoms with van der Waals surface area (Å²) in [5.74, 6) is -0.735. The molecule has 1 heterocycles. The van der Waals surface area contributed by atoms with E-state index in [-0.39, 0.29) is 17.2 Å². The fraction of sp³-hybridized carbons (Fsp3) is 0.286. The molecule has 1 aromatic rings. The van der Waals surface area contributed by atoms with Crippen molar-refractivity contribution in [2.24, 2.45) is 0 Å². The number of methoxy groups -OCH3 is 1. The number of ether oxygens (including phenoxy) is 1. The third-order valence-electron chi connectivity index (χ3n) is 1.51. The van der Waals surface area contributed by atoms with Crippen LogP contribution in [0.2, 0.25) is 0 Å². The van der Waals surface area contributed by atoms with Crippen molar-refractivity contribution in [3.63, 3.8) is 0 Å². The van der Waals surface area contributed by atoms with Crippen LogP contribution >= 0.6 is 0 Å². The van der Waals surface area contributed by atoms with E-state index in [1.165, 1.54) is 14.0 Å². The standard InChI is InChI=1S/C7H9N3O3/c1-3-4(6(12)13-2)5(11)10-7(8)9-3/h1-2H3,(H3,8,9,10,11). The molecule has 0 aliphatic rings. The van der Waals surface area contributed by atoms with Gasteiger partial charge in [-0.25, -0.2) is 9.78 Å². The molecule has 0 saturated carbocycles. The second-order valence-electron chi connectivity index (χ2n) is 2.40. The van der Waals surface area contributed by atoms with E-state index >= 15 is 0 Å². The minimum Gasteiger partial charge on any atom is -0.465 e. The highest BCUT2D eigenvalue weighted by Gasteiger charge is 2.15. The Balaban J connectivity index is 3.38. The predicted octanol–water partition coefficient (Wildman–Crippen LogP) is -0.553. The number of anilines is 1. The molecule has 0 aliphatic heterocycles. The van der Waals surface area contributed by atoms with E-state index < -0.39 is 11.5 Å². The average molecular weight is 183 g/mol. The fourth-order valence-corrected chi connectivity index (χ4v) is 0.950. The van der Waals surface area contributed by atoms with Gasteiger partial charge in [0.2, 0.25) is 5.95 Å². The maximum Gasteiger partial charge on any atom is 0.345 e. The summed E-state index contributed by atoms with van der Waals surface area (Å²) in [6.45, 7) is 1.51. The molecule has 0 amide bonds. The van der Waals surface area contributed by atoms with Crippen molar-refractivity contribution < 1.29 is 9.53 Å². The van der Waals surface area contributed by atoms with E-state index in [4.69, 9.17) is 5.73 Å². The van der Waals surface area contributed by atoms with Crippen molar-refractivity contribution in [2.45, 2.75) is 6.92 Å². The highest BCUT2D eigenvalue weighted by molar-refractivity contribution is 5.90. The van der Waals surface area contributed by atoms with E-state index in [0.717, 1.165) is 0 Å². The average Bonchev–Trinajstić information content (AvgIpc) is 2.02. The maximum atomic E-state index is 11.2. The number of nitrogens with two attached hydrogens (primary N) is 1. The van der Waals surface area contributed by atoms with Crippen LogP contribution in [0, 0.1) is 6.92 Å². The quantitative estimate of drug-likeness (QED) is 0.569. The number of rotatable bonds is 1. The summed E-state index contributed by atoms with van der Waals surface area (Å²) >= 11 is 0. The lowest BCUT2D eigenvalue weighted by atomic mass is 10.2. The highest BCUT2D eigenvalue weighted by atomic mass is 16.5. The van der Waals surface area contributed by atoms with Gasteiger partial charge in [-0.05, 0) is 6.92 Å². The third kappa shape index (κ3) is 1.66. The van der Waals surface area contributed by atoms with Gasteiger partial charge in [-0.3, -0.25) is 9.78 Å². The van der Waals surface area contributed by atoms with Gasteiger partial charge in [-0.15, -0.1) is 0 Å². The molecule has 0 saturated heterocycles. The summed E-state index contributed by atoms with van der Waals surface area (Å²) < 4.78 is 4.40. The number of esters is 1. The molecule has 0 spiro atoms. The first kappa shape index (κ1) is 9.24. The molecular formula is C7H9N3O3. The smallest absolute Gasteiger partial charge is 0.345 e. The Morgan fingerprint density at radius 1 is 1.62 bits per heavy atom. The lowest BCUT2D eigenvalue weighted by Gasteiger charge is -2.01. The van der Waals surface area contributed by atoms with Crippen LogP contribution in [-0.4, -0.2) is 23.0 Å². The van der Waals surface area contributed by atoms with Gasteiger partial charge in [0.15, 0.2) is 0 Å². The van der Waals surface area contributed by atoms with E-state index in [0.29, 0.717) is 0 Å². The van der Waals surface area contributed by atoms with Gasteiger partial charge in [0.05, 0.1) is 12.8 Å².